The first kappa shape index (κ1) is 16.4. The highest BCUT2D eigenvalue weighted by atomic mass is 35.5. The Morgan fingerprint density at radius 3 is 2.14 bits per heavy atom. The molecule has 6 heteroatoms. The van der Waals surface area contributed by atoms with E-state index in [1.165, 1.54) is 0 Å². The first-order chi connectivity index (χ1) is 5.68. The van der Waals surface area contributed by atoms with Crippen molar-refractivity contribution in [3.8, 4) is 0 Å². The lowest BCUT2D eigenvalue weighted by atomic mass is 10.3. The minimum absolute atomic E-state index is 0. The third-order valence-corrected chi connectivity index (χ3v) is 2.24. The lowest BCUT2D eigenvalue weighted by molar-refractivity contribution is -0.137. The zero-order chi connectivity index (χ0) is 8.97. The van der Waals surface area contributed by atoms with Crippen LogP contribution in [-0.2, 0) is 4.79 Å². The van der Waals surface area contributed by atoms with Gasteiger partial charge in [-0.05, 0) is 7.05 Å². The maximum Gasteiger partial charge on any atom is 0.304 e. The number of carboxylic acid groups (broad SMARTS) is 1. The second kappa shape index (κ2) is 8.29. The first-order valence-electron chi connectivity index (χ1n) is 4.31. The van der Waals surface area contributed by atoms with Gasteiger partial charge in [0.25, 0.3) is 0 Å². The maximum atomic E-state index is 10.3. The minimum atomic E-state index is -0.700. The molecule has 0 aromatic carbocycles. The third kappa shape index (κ3) is 6.43. The van der Waals surface area contributed by atoms with Crippen LogP contribution in [0.3, 0.4) is 0 Å². The SMILES string of the molecule is CN1CCN(CCC(=O)O)CC1.Cl.Cl. The molecule has 0 spiro atoms. The number of aliphatic carboxylic acids is 1. The summed E-state index contributed by atoms with van der Waals surface area (Å²) in [7, 11) is 2.09. The molecule has 1 heterocycles. The number of halogens is 2. The molecule has 86 valence electrons. The molecule has 0 bridgehead atoms. The van der Waals surface area contributed by atoms with Gasteiger partial charge in [-0.15, -0.1) is 24.8 Å². The van der Waals surface area contributed by atoms with E-state index in [4.69, 9.17) is 5.11 Å². The fraction of sp³-hybridized carbons (Fsp3) is 0.875. The number of nitrogens with zero attached hydrogens (tertiary/aromatic N) is 2. The zero-order valence-electron chi connectivity index (χ0n) is 8.31. The van der Waals surface area contributed by atoms with Crippen molar-refractivity contribution in [3.05, 3.63) is 0 Å². The Labute approximate surface area is 97.1 Å². The number of hydrogen-bond acceptors (Lipinski definition) is 3. The molecule has 0 atom stereocenters. The van der Waals surface area contributed by atoms with Gasteiger partial charge in [0, 0.05) is 32.7 Å². The summed E-state index contributed by atoms with van der Waals surface area (Å²) in [5, 5.41) is 8.46. The Morgan fingerprint density at radius 2 is 1.71 bits per heavy atom. The second-order valence-electron chi connectivity index (χ2n) is 3.29. The van der Waals surface area contributed by atoms with Crippen LogP contribution in [0.4, 0.5) is 0 Å². The summed E-state index contributed by atoms with van der Waals surface area (Å²) in [4.78, 5) is 14.7. The van der Waals surface area contributed by atoms with E-state index in [0.29, 0.717) is 6.54 Å². The first-order valence-corrected chi connectivity index (χ1v) is 4.31. The van der Waals surface area contributed by atoms with Crippen LogP contribution >= 0.6 is 24.8 Å². The molecule has 1 N–H and O–H groups in total. The van der Waals surface area contributed by atoms with Crippen LogP contribution in [0.25, 0.3) is 0 Å². The van der Waals surface area contributed by atoms with Crippen molar-refractivity contribution in [1.82, 2.24) is 9.80 Å². The molecular weight excluding hydrogens is 227 g/mol. The van der Waals surface area contributed by atoms with Gasteiger partial charge in [-0.25, -0.2) is 0 Å². The average Bonchev–Trinajstić information content (AvgIpc) is 2.03. The number of likely N-dealkylation sites (N-methyl/N-ethyl adjacent to an activating group) is 1. The summed E-state index contributed by atoms with van der Waals surface area (Å²) >= 11 is 0. The quantitative estimate of drug-likeness (QED) is 0.788. The van der Waals surface area contributed by atoms with E-state index in [9.17, 15) is 4.79 Å². The van der Waals surface area contributed by atoms with Crippen molar-refractivity contribution in [2.45, 2.75) is 6.42 Å². The summed E-state index contributed by atoms with van der Waals surface area (Å²) in [5.41, 5.74) is 0. The topological polar surface area (TPSA) is 43.8 Å². The normalized spacial score (nSPS) is 18.1. The predicted octanol–water partition coefficient (Wildman–Crippen LogP) is 0.552. The lowest BCUT2D eigenvalue weighted by Crippen LogP contribution is -2.44. The van der Waals surface area contributed by atoms with Gasteiger partial charge in [0.05, 0.1) is 6.42 Å². The Balaban J connectivity index is 0. The molecule has 1 aliphatic heterocycles. The smallest absolute Gasteiger partial charge is 0.304 e. The highest BCUT2D eigenvalue weighted by molar-refractivity contribution is 5.85. The molecule has 1 fully saturated rings. The van der Waals surface area contributed by atoms with Crippen LogP contribution in [0.15, 0.2) is 0 Å². The molecule has 0 radical (unpaired) electrons. The van der Waals surface area contributed by atoms with Crippen molar-refractivity contribution >= 4 is 30.8 Å². The third-order valence-electron chi connectivity index (χ3n) is 2.24. The van der Waals surface area contributed by atoms with Crippen LogP contribution in [0.2, 0.25) is 0 Å². The molecule has 0 amide bonds. The highest BCUT2D eigenvalue weighted by Crippen LogP contribution is 1.99. The molecule has 1 aliphatic rings. The molecule has 0 aliphatic carbocycles. The van der Waals surface area contributed by atoms with Gasteiger partial charge in [-0.1, -0.05) is 0 Å². The summed E-state index contributed by atoms with van der Waals surface area (Å²) in [5.74, 6) is -0.700. The molecule has 0 aromatic rings. The Hall–Kier alpha value is -0.0300. The van der Waals surface area contributed by atoms with E-state index >= 15 is 0 Å². The van der Waals surface area contributed by atoms with E-state index in [0.717, 1.165) is 26.2 Å². The van der Waals surface area contributed by atoms with Crippen molar-refractivity contribution < 1.29 is 9.90 Å². The lowest BCUT2D eigenvalue weighted by Gasteiger charge is -2.31. The Morgan fingerprint density at radius 1 is 1.21 bits per heavy atom. The van der Waals surface area contributed by atoms with Gasteiger partial charge >= 0.3 is 5.97 Å². The summed E-state index contributed by atoms with van der Waals surface area (Å²) in [6, 6.07) is 0. The molecule has 0 aromatic heterocycles. The highest BCUT2D eigenvalue weighted by Gasteiger charge is 2.13. The Bertz CT molecular complexity index is 161. The number of carbonyl (C=O) groups is 1. The predicted molar refractivity (Wildman–Crippen MR) is 60.7 cm³/mol. The van der Waals surface area contributed by atoms with Crippen LogP contribution < -0.4 is 0 Å². The monoisotopic (exact) mass is 244 g/mol. The van der Waals surface area contributed by atoms with E-state index in [1.807, 2.05) is 0 Å². The second-order valence-corrected chi connectivity index (χ2v) is 3.29. The van der Waals surface area contributed by atoms with E-state index in [-0.39, 0.29) is 31.2 Å². The number of rotatable bonds is 3. The average molecular weight is 245 g/mol. The van der Waals surface area contributed by atoms with Crippen LogP contribution in [-0.4, -0.2) is 60.6 Å². The van der Waals surface area contributed by atoms with E-state index in [2.05, 4.69) is 16.8 Å². The fourth-order valence-corrected chi connectivity index (χ4v) is 1.33. The zero-order valence-corrected chi connectivity index (χ0v) is 9.94. The summed E-state index contributed by atoms with van der Waals surface area (Å²) in [6.45, 7) is 4.82. The largest absolute Gasteiger partial charge is 0.481 e. The van der Waals surface area contributed by atoms with Crippen molar-refractivity contribution in [2.75, 3.05) is 39.8 Å². The van der Waals surface area contributed by atoms with Crippen LogP contribution in [0.1, 0.15) is 6.42 Å². The van der Waals surface area contributed by atoms with Gasteiger partial charge in [0.15, 0.2) is 0 Å². The molecule has 1 saturated heterocycles. The van der Waals surface area contributed by atoms with Gasteiger partial charge < -0.3 is 14.9 Å². The minimum Gasteiger partial charge on any atom is -0.481 e. The van der Waals surface area contributed by atoms with Gasteiger partial charge in [-0.2, -0.15) is 0 Å². The van der Waals surface area contributed by atoms with Crippen molar-refractivity contribution in [3.63, 3.8) is 0 Å². The molecule has 1 rings (SSSR count). The molecule has 4 nitrogen and oxygen atoms in total. The summed E-state index contributed by atoms with van der Waals surface area (Å²) in [6.07, 6.45) is 0.268. The molecule has 0 saturated carbocycles. The number of hydrogen-bond donors (Lipinski definition) is 1. The van der Waals surface area contributed by atoms with E-state index in [1.54, 1.807) is 0 Å². The van der Waals surface area contributed by atoms with Gasteiger partial charge in [0.1, 0.15) is 0 Å². The molecular formula is C8H18Cl2N2O2. The molecule has 14 heavy (non-hydrogen) atoms. The maximum absolute atomic E-state index is 10.3. The van der Waals surface area contributed by atoms with Crippen molar-refractivity contribution in [1.29, 1.82) is 0 Å². The molecule has 0 unspecified atom stereocenters. The number of piperazine rings is 1. The summed E-state index contributed by atoms with van der Waals surface area (Å²) < 4.78 is 0. The van der Waals surface area contributed by atoms with Crippen LogP contribution in [0.5, 0.6) is 0 Å². The number of carboxylic acids is 1. The van der Waals surface area contributed by atoms with Gasteiger partial charge in [-0.3, -0.25) is 4.79 Å². The van der Waals surface area contributed by atoms with Gasteiger partial charge in [0.2, 0.25) is 0 Å². The fourth-order valence-electron chi connectivity index (χ4n) is 1.33. The standard InChI is InChI=1S/C8H16N2O2.2ClH/c1-9-4-6-10(7-5-9)3-2-8(11)12;;/h2-7H2,1H3,(H,11,12);2*1H. The van der Waals surface area contributed by atoms with Crippen molar-refractivity contribution in [2.24, 2.45) is 0 Å². The van der Waals surface area contributed by atoms with Crippen LogP contribution in [0, 0.1) is 0 Å². The van der Waals surface area contributed by atoms with E-state index < -0.39 is 5.97 Å². The Kier molecular flexibility index (Phi) is 9.72.